The van der Waals surface area contributed by atoms with Crippen LogP contribution in [0, 0.1) is 0 Å². The molecule has 0 aromatic heterocycles. The first kappa shape index (κ1) is 21.6. The highest BCUT2D eigenvalue weighted by Crippen LogP contribution is 2.39. The Kier molecular flexibility index (Phi) is 5.65. The molecule has 0 atom stereocenters. The first-order valence-corrected chi connectivity index (χ1v) is 12.0. The molecule has 0 saturated heterocycles. The first-order chi connectivity index (χ1) is 17.8. The third-order valence-electron chi connectivity index (χ3n) is 6.43. The Balaban J connectivity index is 1.64. The molecule has 0 N–H and O–H groups in total. The van der Waals surface area contributed by atoms with Gasteiger partial charge in [0.25, 0.3) is 0 Å². The SMILES string of the molecule is O=C(N(c1ccccc1)c1ccccc1)N(c1cccc2ccccc12)c1cccc2ccccc12. The van der Waals surface area contributed by atoms with Crippen LogP contribution >= 0.6 is 0 Å². The smallest absolute Gasteiger partial charge is 0.262 e. The Labute approximate surface area is 210 Å². The third kappa shape index (κ3) is 3.87. The Morgan fingerprint density at radius 1 is 0.389 bits per heavy atom. The molecule has 2 amide bonds. The number of amides is 2. The van der Waals surface area contributed by atoms with Crippen molar-refractivity contribution >= 4 is 50.3 Å². The molecule has 0 unspecified atom stereocenters. The number of nitrogens with zero attached hydrogens (tertiary/aromatic N) is 2. The highest BCUT2D eigenvalue weighted by atomic mass is 16.2. The van der Waals surface area contributed by atoms with Crippen molar-refractivity contribution in [3.63, 3.8) is 0 Å². The molecule has 0 heterocycles. The molecule has 0 radical (unpaired) electrons. The van der Waals surface area contributed by atoms with Crippen molar-refractivity contribution in [2.45, 2.75) is 0 Å². The molecule has 6 rings (SSSR count). The van der Waals surface area contributed by atoms with Crippen molar-refractivity contribution < 1.29 is 4.79 Å². The molecule has 0 fully saturated rings. The second-order valence-corrected chi connectivity index (χ2v) is 8.62. The van der Waals surface area contributed by atoms with E-state index >= 15 is 0 Å². The summed E-state index contributed by atoms with van der Waals surface area (Å²) in [6, 6.07) is 48.1. The molecule has 3 nitrogen and oxygen atoms in total. The maximum absolute atomic E-state index is 14.8. The quantitative estimate of drug-likeness (QED) is 0.255. The van der Waals surface area contributed by atoms with Crippen molar-refractivity contribution in [2.75, 3.05) is 9.80 Å². The van der Waals surface area contributed by atoms with E-state index in [2.05, 4.69) is 36.4 Å². The summed E-state index contributed by atoms with van der Waals surface area (Å²) in [5, 5.41) is 4.20. The van der Waals surface area contributed by atoms with Crippen LogP contribution in [-0.4, -0.2) is 6.03 Å². The molecule has 0 aliphatic rings. The minimum absolute atomic E-state index is 0.153. The Bertz CT molecular complexity index is 1530. The number of fused-ring (bicyclic) bond motifs is 2. The average Bonchev–Trinajstić information content (AvgIpc) is 2.95. The van der Waals surface area contributed by atoms with E-state index in [0.29, 0.717) is 0 Å². The summed E-state index contributed by atoms with van der Waals surface area (Å²) in [5.74, 6) is 0. The number of carbonyl (C=O) groups is 1. The Hall–Kier alpha value is -4.89. The van der Waals surface area contributed by atoms with Gasteiger partial charge in [-0.05, 0) is 47.2 Å². The molecule has 0 bridgehead atoms. The lowest BCUT2D eigenvalue weighted by molar-refractivity contribution is 0.255. The van der Waals surface area contributed by atoms with E-state index in [1.54, 1.807) is 4.90 Å². The van der Waals surface area contributed by atoms with Gasteiger partial charge in [0.15, 0.2) is 0 Å². The minimum atomic E-state index is -0.153. The van der Waals surface area contributed by atoms with Gasteiger partial charge in [0.1, 0.15) is 0 Å². The molecule has 0 saturated carbocycles. The lowest BCUT2D eigenvalue weighted by Gasteiger charge is -2.32. The molecule has 0 spiro atoms. The molecule has 3 heteroatoms. The fourth-order valence-corrected chi connectivity index (χ4v) is 4.77. The maximum atomic E-state index is 14.8. The number of carbonyl (C=O) groups excluding carboxylic acids is 1. The molecule has 172 valence electrons. The Morgan fingerprint density at radius 2 is 0.778 bits per heavy atom. The lowest BCUT2D eigenvalue weighted by Crippen LogP contribution is -2.38. The van der Waals surface area contributed by atoms with Crippen LogP contribution in [0.2, 0.25) is 0 Å². The number of urea groups is 1. The monoisotopic (exact) mass is 464 g/mol. The second-order valence-electron chi connectivity index (χ2n) is 8.62. The van der Waals surface area contributed by atoms with Crippen molar-refractivity contribution in [2.24, 2.45) is 0 Å². The van der Waals surface area contributed by atoms with Gasteiger partial charge in [-0.1, -0.05) is 109 Å². The predicted octanol–water partition coefficient (Wildman–Crippen LogP) is 9.09. The van der Waals surface area contributed by atoms with Crippen molar-refractivity contribution in [1.82, 2.24) is 0 Å². The van der Waals surface area contributed by atoms with E-state index in [4.69, 9.17) is 0 Å². The summed E-state index contributed by atoms with van der Waals surface area (Å²) in [6.45, 7) is 0. The normalized spacial score (nSPS) is 10.9. The van der Waals surface area contributed by atoms with E-state index in [-0.39, 0.29) is 6.03 Å². The lowest BCUT2D eigenvalue weighted by atomic mass is 10.0. The maximum Gasteiger partial charge on any atom is 0.338 e. The molecular weight excluding hydrogens is 440 g/mol. The van der Waals surface area contributed by atoms with E-state index in [1.165, 1.54) is 0 Å². The fraction of sp³-hybridized carbons (Fsp3) is 0. The zero-order valence-electron chi connectivity index (χ0n) is 19.7. The van der Waals surface area contributed by atoms with Crippen LogP contribution in [-0.2, 0) is 0 Å². The molecule has 6 aromatic carbocycles. The summed E-state index contributed by atoms with van der Waals surface area (Å²) in [5.41, 5.74) is 3.29. The van der Waals surface area contributed by atoms with E-state index < -0.39 is 0 Å². The molecular formula is C33H24N2O. The van der Waals surface area contributed by atoms with Crippen LogP contribution in [0.4, 0.5) is 27.5 Å². The zero-order valence-corrected chi connectivity index (χ0v) is 19.7. The number of anilines is 4. The van der Waals surface area contributed by atoms with Gasteiger partial charge in [-0.2, -0.15) is 0 Å². The summed E-state index contributed by atoms with van der Waals surface area (Å²) in [4.78, 5) is 18.4. The predicted molar refractivity (Wildman–Crippen MR) is 150 cm³/mol. The number of para-hydroxylation sites is 2. The number of benzene rings is 6. The van der Waals surface area contributed by atoms with Gasteiger partial charge in [0.2, 0.25) is 0 Å². The molecule has 0 aliphatic heterocycles. The summed E-state index contributed by atoms with van der Waals surface area (Å²) < 4.78 is 0. The number of rotatable bonds is 4. The number of hydrogen-bond donors (Lipinski definition) is 0. The summed E-state index contributed by atoms with van der Waals surface area (Å²) in [6.07, 6.45) is 0. The fourth-order valence-electron chi connectivity index (χ4n) is 4.77. The van der Waals surface area contributed by atoms with E-state index in [9.17, 15) is 4.79 Å². The van der Waals surface area contributed by atoms with Gasteiger partial charge in [-0.15, -0.1) is 0 Å². The van der Waals surface area contributed by atoms with Crippen molar-refractivity contribution in [1.29, 1.82) is 0 Å². The van der Waals surface area contributed by atoms with Crippen LogP contribution in [0.5, 0.6) is 0 Å². The zero-order chi connectivity index (χ0) is 24.3. The molecule has 0 aliphatic carbocycles. The summed E-state index contributed by atoms with van der Waals surface area (Å²) in [7, 11) is 0. The highest BCUT2D eigenvalue weighted by molar-refractivity contribution is 6.19. The largest absolute Gasteiger partial charge is 0.338 e. The third-order valence-corrected chi connectivity index (χ3v) is 6.43. The second kappa shape index (κ2) is 9.40. The van der Waals surface area contributed by atoms with Crippen molar-refractivity contribution in [3.8, 4) is 0 Å². The van der Waals surface area contributed by atoms with Gasteiger partial charge in [0.05, 0.1) is 22.7 Å². The molecule has 36 heavy (non-hydrogen) atoms. The van der Waals surface area contributed by atoms with Gasteiger partial charge in [-0.3, -0.25) is 9.80 Å². The van der Waals surface area contributed by atoms with Gasteiger partial charge >= 0.3 is 6.03 Å². The van der Waals surface area contributed by atoms with Crippen LogP contribution in [0.3, 0.4) is 0 Å². The van der Waals surface area contributed by atoms with Gasteiger partial charge < -0.3 is 0 Å². The van der Waals surface area contributed by atoms with E-state index in [1.807, 2.05) is 114 Å². The van der Waals surface area contributed by atoms with Crippen LogP contribution in [0.25, 0.3) is 21.5 Å². The highest BCUT2D eigenvalue weighted by Gasteiger charge is 2.28. The first-order valence-electron chi connectivity index (χ1n) is 12.0. The van der Waals surface area contributed by atoms with Gasteiger partial charge in [0, 0.05) is 10.8 Å². The van der Waals surface area contributed by atoms with Crippen LogP contribution in [0.1, 0.15) is 0 Å². The van der Waals surface area contributed by atoms with Crippen LogP contribution in [0.15, 0.2) is 146 Å². The minimum Gasteiger partial charge on any atom is -0.262 e. The van der Waals surface area contributed by atoms with E-state index in [0.717, 1.165) is 44.3 Å². The molecule has 6 aromatic rings. The van der Waals surface area contributed by atoms with Crippen LogP contribution < -0.4 is 9.80 Å². The van der Waals surface area contributed by atoms with Crippen molar-refractivity contribution in [3.05, 3.63) is 146 Å². The van der Waals surface area contributed by atoms with Gasteiger partial charge in [-0.25, -0.2) is 4.79 Å². The topological polar surface area (TPSA) is 23.6 Å². The Morgan fingerprint density at radius 3 is 1.25 bits per heavy atom. The standard InChI is InChI=1S/C33H24N2O/c36-33(34(27-17-3-1-4-18-27)28-19-5-2-6-20-28)35(31-23-11-15-25-13-7-9-21-29(25)31)32-24-12-16-26-14-8-10-22-30(26)32/h1-24H. The summed E-state index contributed by atoms with van der Waals surface area (Å²) >= 11 is 0. The average molecular weight is 465 g/mol. The number of hydrogen-bond acceptors (Lipinski definition) is 1.